The zero-order valence-corrected chi connectivity index (χ0v) is 6.69. The third kappa shape index (κ3) is 2.19. The van der Waals surface area contributed by atoms with E-state index in [1.807, 2.05) is 0 Å². The average Bonchev–Trinajstić information content (AvgIpc) is 2.50. The van der Waals surface area contributed by atoms with Crippen molar-refractivity contribution in [3.63, 3.8) is 0 Å². The van der Waals surface area contributed by atoms with E-state index in [0.717, 1.165) is 0 Å². The first-order valence-electron chi connectivity index (χ1n) is 3.46. The number of amides is 2. The van der Waals surface area contributed by atoms with Crippen LogP contribution in [0.4, 0.5) is 0 Å². The van der Waals surface area contributed by atoms with E-state index in [4.69, 9.17) is 15.9 Å². The molecule has 1 aromatic rings. The van der Waals surface area contributed by atoms with Crippen LogP contribution in [0.5, 0.6) is 0 Å². The normalized spacial score (nSPS) is 9.23. The molecular formula is C8H8N2O3. The fraction of sp³-hybridized carbons (Fsp3) is 0. The highest BCUT2D eigenvalue weighted by Crippen LogP contribution is 2.06. The van der Waals surface area contributed by atoms with Crippen LogP contribution < -0.4 is 11.5 Å². The lowest BCUT2D eigenvalue weighted by Gasteiger charge is -1.94. The third-order valence-corrected chi connectivity index (χ3v) is 1.36. The van der Waals surface area contributed by atoms with E-state index in [1.54, 1.807) is 12.1 Å². The molecule has 68 valence electrons. The van der Waals surface area contributed by atoms with Crippen molar-refractivity contribution in [3.05, 3.63) is 29.7 Å². The minimum Gasteiger partial charge on any atom is -0.465 e. The van der Waals surface area contributed by atoms with E-state index in [1.165, 1.54) is 12.3 Å². The Hall–Kier alpha value is -2.04. The molecule has 0 spiro atoms. The Balaban J connectivity index is 3.01. The number of hydrogen-bond donors (Lipinski definition) is 2. The van der Waals surface area contributed by atoms with Crippen LogP contribution in [0.15, 0.2) is 28.4 Å². The Morgan fingerprint density at radius 2 is 1.92 bits per heavy atom. The molecule has 4 N–H and O–H groups in total. The van der Waals surface area contributed by atoms with Gasteiger partial charge in [-0.25, -0.2) is 0 Å². The molecule has 0 unspecified atom stereocenters. The molecule has 0 saturated heterocycles. The molecule has 0 aliphatic rings. The Morgan fingerprint density at radius 1 is 1.31 bits per heavy atom. The highest BCUT2D eigenvalue weighted by molar-refractivity contribution is 6.20. The summed E-state index contributed by atoms with van der Waals surface area (Å²) in [5.41, 5.74) is 9.53. The minimum absolute atomic E-state index is 0.282. The Morgan fingerprint density at radius 3 is 2.31 bits per heavy atom. The van der Waals surface area contributed by atoms with Gasteiger partial charge in [0, 0.05) is 0 Å². The molecule has 5 heteroatoms. The topological polar surface area (TPSA) is 99.3 Å². The van der Waals surface area contributed by atoms with Gasteiger partial charge in [0.2, 0.25) is 0 Å². The fourth-order valence-corrected chi connectivity index (χ4v) is 0.779. The van der Waals surface area contributed by atoms with Crippen molar-refractivity contribution in [2.45, 2.75) is 0 Å². The third-order valence-electron chi connectivity index (χ3n) is 1.36. The quantitative estimate of drug-likeness (QED) is 0.377. The van der Waals surface area contributed by atoms with Crippen molar-refractivity contribution in [2.24, 2.45) is 11.5 Å². The minimum atomic E-state index is -0.871. The largest absolute Gasteiger partial charge is 0.465 e. The summed E-state index contributed by atoms with van der Waals surface area (Å²) in [5, 5.41) is 0. The zero-order chi connectivity index (χ0) is 9.84. The van der Waals surface area contributed by atoms with Gasteiger partial charge in [-0.3, -0.25) is 9.59 Å². The summed E-state index contributed by atoms with van der Waals surface area (Å²) in [5.74, 6) is -1.39. The summed E-state index contributed by atoms with van der Waals surface area (Å²) in [4.78, 5) is 21.4. The maximum atomic E-state index is 10.7. The molecule has 0 aromatic carbocycles. The first-order chi connectivity index (χ1) is 6.11. The van der Waals surface area contributed by atoms with Crippen LogP contribution in [0.25, 0.3) is 6.08 Å². The molecule has 0 bridgehead atoms. The molecule has 0 fully saturated rings. The molecule has 0 atom stereocenters. The van der Waals surface area contributed by atoms with Crippen molar-refractivity contribution in [3.8, 4) is 0 Å². The maximum absolute atomic E-state index is 10.7. The summed E-state index contributed by atoms with van der Waals surface area (Å²) in [6, 6.07) is 3.19. The van der Waals surface area contributed by atoms with Crippen LogP contribution >= 0.6 is 0 Å². The predicted octanol–water partition coefficient (Wildman–Crippen LogP) is -0.366. The van der Waals surface area contributed by atoms with Crippen molar-refractivity contribution < 1.29 is 14.0 Å². The van der Waals surface area contributed by atoms with Gasteiger partial charge in [-0.2, -0.15) is 0 Å². The summed E-state index contributed by atoms with van der Waals surface area (Å²) in [7, 11) is 0. The Bertz CT molecular complexity index is 335. The summed E-state index contributed by atoms with van der Waals surface area (Å²) >= 11 is 0. The van der Waals surface area contributed by atoms with Crippen LogP contribution in [0.2, 0.25) is 0 Å². The molecule has 1 heterocycles. The second-order valence-electron chi connectivity index (χ2n) is 2.30. The number of carbonyl (C=O) groups excluding carboxylic acids is 2. The summed E-state index contributed by atoms with van der Waals surface area (Å²) in [6.45, 7) is 0. The van der Waals surface area contributed by atoms with E-state index in [-0.39, 0.29) is 5.57 Å². The van der Waals surface area contributed by atoms with E-state index >= 15 is 0 Å². The maximum Gasteiger partial charge on any atom is 0.254 e. The number of hydrogen-bond acceptors (Lipinski definition) is 3. The van der Waals surface area contributed by atoms with Crippen LogP contribution in [0, 0.1) is 0 Å². The molecule has 0 aliphatic carbocycles. The highest BCUT2D eigenvalue weighted by atomic mass is 16.3. The van der Waals surface area contributed by atoms with Crippen LogP contribution in [0.3, 0.4) is 0 Å². The summed E-state index contributed by atoms with van der Waals surface area (Å²) < 4.78 is 4.87. The average molecular weight is 180 g/mol. The number of furan rings is 1. The monoisotopic (exact) mass is 180 g/mol. The molecule has 13 heavy (non-hydrogen) atoms. The van der Waals surface area contributed by atoms with E-state index in [0.29, 0.717) is 5.76 Å². The number of rotatable bonds is 3. The SMILES string of the molecule is NC(=O)C(=Cc1ccco1)C(N)=O. The summed E-state index contributed by atoms with van der Waals surface area (Å²) in [6.07, 6.45) is 2.61. The standard InChI is InChI=1S/C8H8N2O3/c9-7(11)6(8(10)12)4-5-2-1-3-13-5/h1-4H,(H2,9,11)(H2,10,12). The fourth-order valence-electron chi connectivity index (χ4n) is 0.779. The van der Waals surface area contributed by atoms with Crippen LogP contribution in [-0.4, -0.2) is 11.8 Å². The van der Waals surface area contributed by atoms with Crippen molar-refractivity contribution in [1.82, 2.24) is 0 Å². The number of carbonyl (C=O) groups is 2. The van der Waals surface area contributed by atoms with Gasteiger partial charge in [0.1, 0.15) is 11.3 Å². The Labute approximate surface area is 74.0 Å². The van der Waals surface area contributed by atoms with E-state index in [9.17, 15) is 9.59 Å². The van der Waals surface area contributed by atoms with Gasteiger partial charge in [-0.05, 0) is 18.2 Å². The van der Waals surface area contributed by atoms with Gasteiger partial charge in [0.25, 0.3) is 11.8 Å². The highest BCUT2D eigenvalue weighted by Gasteiger charge is 2.11. The van der Waals surface area contributed by atoms with Gasteiger partial charge < -0.3 is 15.9 Å². The molecule has 1 aromatic heterocycles. The van der Waals surface area contributed by atoms with Gasteiger partial charge in [0.15, 0.2) is 0 Å². The van der Waals surface area contributed by atoms with Crippen molar-refractivity contribution >= 4 is 17.9 Å². The molecule has 1 rings (SSSR count). The second-order valence-corrected chi connectivity index (χ2v) is 2.30. The Kier molecular flexibility index (Phi) is 2.49. The second kappa shape index (κ2) is 3.57. The van der Waals surface area contributed by atoms with E-state index < -0.39 is 11.8 Å². The molecule has 0 radical (unpaired) electrons. The molecule has 2 amide bonds. The molecule has 0 aliphatic heterocycles. The van der Waals surface area contributed by atoms with Crippen molar-refractivity contribution in [1.29, 1.82) is 0 Å². The van der Waals surface area contributed by atoms with Gasteiger partial charge in [0.05, 0.1) is 6.26 Å². The predicted molar refractivity (Wildman–Crippen MR) is 45.1 cm³/mol. The molecule has 0 saturated carbocycles. The smallest absolute Gasteiger partial charge is 0.254 e. The van der Waals surface area contributed by atoms with E-state index in [2.05, 4.69) is 0 Å². The lowest BCUT2D eigenvalue weighted by Crippen LogP contribution is -2.25. The van der Waals surface area contributed by atoms with Gasteiger partial charge >= 0.3 is 0 Å². The molecular weight excluding hydrogens is 172 g/mol. The van der Waals surface area contributed by atoms with Crippen LogP contribution in [0.1, 0.15) is 5.76 Å². The first-order valence-corrected chi connectivity index (χ1v) is 3.46. The van der Waals surface area contributed by atoms with Crippen molar-refractivity contribution in [2.75, 3.05) is 0 Å². The van der Waals surface area contributed by atoms with Crippen LogP contribution in [-0.2, 0) is 9.59 Å². The lowest BCUT2D eigenvalue weighted by atomic mass is 10.2. The number of nitrogens with two attached hydrogens (primary N) is 2. The first kappa shape index (κ1) is 9.05. The molecule has 5 nitrogen and oxygen atoms in total. The zero-order valence-electron chi connectivity index (χ0n) is 6.69. The lowest BCUT2D eigenvalue weighted by molar-refractivity contribution is -0.120. The van der Waals surface area contributed by atoms with Gasteiger partial charge in [-0.15, -0.1) is 0 Å². The number of primary amides is 2. The van der Waals surface area contributed by atoms with Gasteiger partial charge in [-0.1, -0.05) is 0 Å².